The average molecular weight is 265 g/mol. The van der Waals surface area contributed by atoms with Gasteiger partial charge in [-0.05, 0) is 24.6 Å². The Bertz CT molecular complexity index is 415. The first kappa shape index (κ1) is 14.0. The number of hydrogen-bond donors (Lipinski definition) is 2. The summed E-state index contributed by atoms with van der Waals surface area (Å²) in [7, 11) is 0. The number of carbonyl (C=O) groups is 1. The minimum absolute atomic E-state index is 0.0127. The number of rotatable bonds is 4. The summed E-state index contributed by atoms with van der Waals surface area (Å²) in [4.78, 5) is 14.0. The normalized spacial score (nSPS) is 18.0. The maximum absolute atomic E-state index is 12.8. The second-order valence-corrected chi connectivity index (χ2v) is 4.87. The minimum Gasteiger partial charge on any atom is -0.348 e. The fourth-order valence-corrected chi connectivity index (χ4v) is 2.19. The molecule has 2 rings (SSSR count). The van der Waals surface area contributed by atoms with Crippen LogP contribution in [0, 0.1) is 5.82 Å². The van der Waals surface area contributed by atoms with Gasteiger partial charge in [0.05, 0.1) is 12.6 Å². The Morgan fingerprint density at radius 2 is 2.00 bits per heavy atom. The fraction of sp³-hybridized carbons (Fsp3) is 0.500. The smallest absolute Gasteiger partial charge is 0.234 e. The van der Waals surface area contributed by atoms with E-state index in [4.69, 9.17) is 0 Å². The number of halogens is 1. The van der Waals surface area contributed by atoms with Crippen LogP contribution in [0.2, 0.25) is 0 Å². The molecular weight excluding hydrogens is 245 g/mol. The molecule has 0 aromatic heterocycles. The van der Waals surface area contributed by atoms with Crippen molar-refractivity contribution in [2.45, 2.75) is 13.0 Å². The van der Waals surface area contributed by atoms with E-state index in [1.165, 1.54) is 12.1 Å². The largest absolute Gasteiger partial charge is 0.348 e. The lowest BCUT2D eigenvalue weighted by molar-refractivity contribution is -0.123. The van der Waals surface area contributed by atoms with Crippen molar-refractivity contribution in [1.29, 1.82) is 0 Å². The summed E-state index contributed by atoms with van der Waals surface area (Å²) in [6.07, 6.45) is 0. The highest BCUT2D eigenvalue weighted by molar-refractivity contribution is 5.78. The van der Waals surface area contributed by atoms with E-state index in [-0.39, 0.29) is 17.8 Å². The zero-order valence-electron chi connectivity index (χ0n) is 11.2. The Kier molecular flexibility index (Phi) is 4.87. The van der Waals surface area contributed by atoms with E-state index >= 15 is 0 Å². The van der Waals surface area contributed by atoms with Crippen molar-refractivity contribution in [2.24, 2.45) is 0 Å². The van der Waals surface area contributed by atoms with Gasteiger partial charge in [-0.3, -0.25) is 9.69 Å². The van der Waals surface area contributed by atoms with Gasteiger partial charge in [0.2, 0.25) is 5.91 Å². The summed E-state index contributed by atoms with van der Waals surface area (Å²) in [6, 6.07) is 6.12. The van der Waals surface area contributed by atoms with Gasteiger partial charge in [-0.1, -0.05) is 12.1 Å². The molecule has 4 nitrogen and oxygen atoms in total. The standard InChI is InChI=1S/C14H20FN3O/c1-11(12-2-4-13(15)5-3-12)17-14(19)10-18-8-6-16-7-9-18/h2-5,11,16H,6-10H2,1H3,(H,17,19)/t11-/m0/s1. The van der Waals surface area contributed by atoms with Crippen LogP contribution in [0.3, 0.4) is 0 Å². The Labute approximate surface area is 113 Å². The summed E-state index contributed by atoms with van der Waals surface area (Å²) in [6.45, 7) is 5.99. The van der Waals surface area contributed by atoms with Gasteiger partial charge in [-0.2, -0.15) is 0 Å². The molecule has 1 saturated heterocycles. The molecule has 104 valence electrons. The fourth-order valence-electron chi connectivity index (χ4n) is 2.19. The number of nitrogens with one attached hydrogen (secondary N) is 2. The molecule has 19 heavy (non-hydrogen) atoms. The Balaban J connectivity index is 1.82. The zero-order valence-corrected chi connectivity index (χ0v) is 11.2. The molecule has 1 aromatic rings. The van der Waals surface area contributed by atoms with Gasteiger partial charge in [-0.25, -0.2) is 4.39 Å². The lowest BCUT2D eigenvalue weighted by atomic mass is 10.1. The molecule has 1 aromatic carbocycles. The van der Waals surface area contributed by atoms with Crippen molar-refractivity contribution >= 4 is 5.91 Å². The maximum Gasteiger partial charge on any atom is 0.234 e. The van der Waals surface area contributed by atoms with Gasteiger partial charge < -0.3 is 10.6 Å². The Hall–Kier alpha value is -1.46. The van der Waals surface area contributed by atoms with Crippen LogP contribution in [0.15, 0.2) is 24.3 Å². The highest BCUT2D eigenvalue weighted by Gasteiger charge is 2.15. The van der Waals surface area contributed by atoms with Crippen molar-refractivity contribution in [3.63, 3.8) is 0 Å². The first-order valence-electron chi connectivity index (χ1n) is 6.63. The van der Waals surface area contributed by atoms with Gasteiger partial charge in [0, 0.05) is 26.2 Å². The second kappa shape index (κ2) is 6.63. The van der Waals surface area contributed by atoms with Crippen molar-refractivity contribution in [2.75, 3.05) is 32.7 Å². The molecule has 5 heteroatoms. The molecule has 1 amide bonds. The highest BCUT2D eigenvalue weighted by Crippen LogP contribution is 2.12. The lowest BCUT2D eigenvalue weighted by Gasteiger charge is -2.27. The number of benzene rings is 1. The molecule has 1 fully saturated rings. The highest BCUT2D eigenvalue weighted by atomic mass is 19.1. The predicted molar refractivity (Wildman–Crippen MR) is 72.3 cm³/mol. The topological polar surface area (TPSA) is 44.4 Å². The van der Waals surface area contributed by atoms with Crippen LogP contribution in [-0.2, 0) is 4.79 Å². The molecule has 1 aliphatic heterocycles. The van der Waals surface area contributed by atoms with Gasteiger partial charge in [0.15, 0.2) is 0 Å². The van der Waals surface area contributed by atoms with Crippen molar-refractivity contribution < 1.29 is 9.18 Å². The predicted octanol–water partition coefficient (Wildman–Crippen LogP) is 0.908. The summed E-state index contributed by atoms with van der Waals surface area (Å²) < 4.78 is 12.8. The molecule has 0 spiro atoms. The number of nitrogens with zero attached hydrogens (tertiary/aromatic N) is 1. The van der Waals surface area contributed by atoms with Crippen molar-refractivity contribution in [3.05, 3.63) is 35.6 Å². The number of amides is 1. The average Bonchev–Trinajstić information content (AvgIpc) is 2.40. The van der Waals surface area contributed by atoms with E-state index in [0.717, 1.165) is 31.7 Å². The molecule has 0 unspecified atom stereocenters. The van der Waals surface area contributed by atoms with Gasteiger partial charge in [-0.15, -0.1) is 0 Å². The third-order valence-electron chi connectivity index (χ3n) is 3.32. The van der Waals surface area contributed by atoms with E-state index in [9.17, 15) is 9.18 Å². The quantitative estimate of drug-likeness (QED) is 0.850. The third kappa shape index (κ3) is 4.29. The van der Waals surface area contributed by atoms with Crippen LogP contribution in [0.1, 0.15) is 18.5 Å². The van der Waals surface area contributed by atoms with Crippen LogP contribution >= 0.6 is 0 Å². The number of hydrogen-bond acceptors (Lipinski definition) is 3. The number of piperazine rings is 1. The van der Waals surface area contributed by atoms with Gasteiger partial charge in [0.1, 0.15) is 5.82 Å². The van der Waals surface area contributed by atoms with Crippen LogP contribution in [0.25, 0.3) is 0 Å². The van der Waals surface area contributed by atoms with E-state index in [0.29, 0.717) is 6.54 Å². The van der Waals surface area contributed by atoms with Crippen LogP contribution in [0.5, 0.6) is 0 Å². The summed E-state index contributed by atoms with van der Waals surface area (Å²) in [5.41, 5.74) is 0.912. The molecule has 0 bridgehead atoms. The molecule has 1 aliphatic rings. The van der Waals surface area contributed by atoms with Crippen molar-refractivity contribution in [3.8, 4) is 0 Å². The molecule has 0 radical (unpaired) electrons. The van der Waals surface area contributed by atoms with Crippen LogP contribution < -0.4 is 10.6 Å². The molecule has 0 aliphatic carbocycles. The third-order valence-corrected chi connectivity index (χ3v) is 3.32. The molecule has 2 N–H and O–H groups in total. The maximum atomic E-state index is 12.8. The van der Waals surface area contributed by atoms with E-state index in [1.807, 2.05) is 6.92 Å². The van der Waals surface area contributed by atoms with Gasteiger partial charge >= 0.3 is 0 Å². The number of carbonyl (C=O) groups excluding carboxylic acids is 1. The zero-order chi connectivity index (χ0) is 13.7. The van der Waals surface area contributed by atoms with Crippen LogP contribution in [0.4, 0.5) is 4.39 Å². The van der Waals surface area contributed by atoms with Crippen LogP contribution in [-0.4, -0.2) is 43.5 Å². The SMILES string of the molecule is C[C@H](NC(=O)CN1CCNCC1)c1ccc(F)cc1. The summed E-state index contributed by atoms with van der Waals surface area (Å²) in [5, 5.41) is 6.19. The molecule has 0 saturated carbocycles. The Morgan fingerprint density at radius 1 is 1.37 bits per heavy atom. The monoisotopic (exact) mass is 265 g/mol. The van der Waals surface area contributed by atoms with E-state index < -0.39 is 0 Å². The van der Waals surface area contributed by atoms with E-state index in [1.54, 1.807) is 12.1 Å². The van der Waals surface area contributed by atoms with Crippen molar-refractivity contribution in [1.82, 2.24) is 15.5 Å². The lowest BCUT2D eigenvalue weighted by Crippen LogP contribution is -2.47. The first-order chi connectivity index (χ1) is 9.15. The Morgan fingerprint density at radius 3 is 2.63 bits per heavy atom. The van der Waals surface area contributed by atoms with E-state index in [2.05, 4.69) is 15.5 Å². The van der Waals surface area contributed by atoms with Gasteiger partial charge in [0.25, 0.3) is 0 Å². The molecule has 1 atom stereocenters. The minimum atomic E-state index is -0.261. The first-order valence-corrected chi connectivity index (χ1v) is 6.63. The molecule has 1 heterocycles. The molecular formula is C14H20FN3O. The summed E-state index contributed by atoms with van der Waals surface area (Å²) >= 11 is 0. The second-order valence-electron chi connectivity index (χ2n) is 4.87. The summed E-state index contributed by atoms with van der Waals surface area (Å²) in [5.74, 6) is -0.248.